The van der Waals surface area contributed by atoms with Gasteiger partial charge >= 0.3 is 5.97 Å². The second-order valence-electron chi connectivity index (χ2n) is 9.75. The number of carbonyl (C=O) groups excluding carboxylic acids is 3. The number of aromatic amines is 1. The van der Waals surface area contributed by atoms with Crippen LogP contribution in [0.5, 0.6) is 0 Å². The molecule has 1 aliphatic heterocycles. The average Bonchev–Trinajstić information content (AvgIpc) is 3.57. The third-order valence-corrected chi connectivity index (χ3v) is 7.70. The van der Waals surface area contributed by atoms with Crippen molar-refractivity contribution < 1.29 is 19.1 Å². The minimum absolute atomic E-state index is 0.135. The van der Waals surface area contributed by atoms with Crippen molar-refractivity contribution in [2.75, 3.05) is 18.4 Å². The van der Waals surface area contributed by atoms with Crippen molar-refractivity contribution in [2.24, 2.45) is 0 Å². The van der Waals surface area contributed by atoms with E-state index in [2.05, 4.69) is 15.3 Å². The number of benzene rings is 2. The molecular formula is C29H30N4O4S. The van der Waals surface area contributed by atoms with Crippen LogP contribution in [0.2, 0.25) is 0 Å². The molecular weight excluding hydrogens is 500 g/mol. The van der Waals surface area contributed by atoms with Crippen LogP contribution in [-0.4, -0.2) is 51.8 Å². The van der Waals surface area contributed by atoms with Crippen molar-refractivity contribution in [1.29, 1.82) is 0 Å². The van der Waals surface area contributed by atoms with Gasteiger partial charge in [-0.2, -0.15) is 0 Å². The van der Waals surface area contributed by atoms with Crippen LogP contribution in [0.4, 0.5) is 5.69 Å². The van der Waals surface area contributed by atoms with Gasteiger partial charge in [0.1, 0.15) is 5.69 Å². The molecule has 0 spiro atoms. The average molecular weight is 531 g/mol. The molecule has 2 aromatic carbocycles. The van der Waals surface area contributed by atoms with Gasteiger partial charge in [0.15, 0.2) is 0 Å². The number of fused-ring (bicyclic) bond motifs is 1. The van der Waals surface area contributed by atoms with Gasteiger partial charge in [-0.25, -0.2) is 9.78 Å². The molecule has 0 radical (unpaired) electrons. The van der Waals surface area contributed by atoms with Gasteiger partial charge in [-0.3, -0.25) is 9.59 Å². The van der Waals surface area contributed by atoms with Gasteiger partial charge in [0, 0.05) is 47.2 Å². The minimum Gasteiger partial charge on any atom is -0.459 e. The molecule has 8 nitrogen and oxygen atoms in total. The molecule has 1 fully saturated rings. The number of hydrogen-bond donors (Lipinski definition) is 2. The summed E-state index contributed by atoms with van der Waals surface area (Å²) in [6.45, 7) is 4.95. The highest BCUT2D eigenvalue weighted by atomic mass is 32.1. The first-order valence-corrected chi connectivity index (χ1v) is 13.7. The third kappa shape index (κ3) is 5.78. The SMILES string of the molecule is CC(C)OC(=O)c1ccc(NC(=O)c2csc(C3CCN(C(=O)Cc4c[nH]c5ccccc45)CC3)n2)cc1. The number of para-hydroxylation sites is 1. The molecule has 5 rings (SSSR count). The number of carbonyl (C=O) groups is 3. The predicted octanol–water partition coefficient (Wildman–Crippen LogP) is 5.39. The van der Waals surface area contributed by atoms with Crippen LogP contribution in [0.15, 0.2) is 60.1 Å². The van der Waals surface area contributed by atoms with Gasteiger partial charge in [-0.05, 0) is 62.6 Å². The third-order valence-electron chi connectivity index (χ3n) is 6.69. The summed E-state index contributed by atoms with van der Waals surface area (Å²) in [5, 5.41) is 6.62. The van der Waals surface area contributed by atoms with E-state index in [9.17, 15) is 14.4 Å². The van der Waals surface area contributed by atoms with E-state index >= 15 is 0 Å². The van der Waals surface area contributed by atoms with Crippen molar-refractivity contribution in [1.82, 2.24) is 14.9 Å². The maximum absolute atomic E-state index is 12.9. The first-order valence-electron chi connectivity index (χ1n) is 12.8. The molecule has 4 aromatic rings. The maximum Gasteiger partial charge on any atom is 0.338 e. The lowest BCUT2D eigenvalue weighted by molar-refractivity contribution is -0.131. The van der Waals surface area contributed by atoms with Crippen LogP contribution in [0.25, 0.3) is 10.9 Å². The zero-order valence-electron chi connectivity index (χ0n) is 21.4. The number of aromatic nitrogens is 2. The number of nitrogens with zero attached hydrogens (tertiary/aromatic N) is 2. The largest absolute Gasteiger partial charge is 0.459 e. The molecule has 0 saturated carbocycles. The molecule has 38 heavy (non-hydrogen) atoms. The van der Waals surface area contributed by atoms with E-state index in [0.717, 1.165) is 34.3 Å². The van der Waals surface area contributed by atoms with E-state index < -0.39 is 5.97 Å². The van der Waals surface area contributed by atoms with Crippen LogP contribution < -0.4 is 5.32 Å². The number of rotatable bonds is 7. The zero-order valence-corrected chi connectivity index (χ0v) is 22.2. The Balaban J connectivity index is 1.13. The Morgan fingerprint density at radius 2 is 1.84 bits per heavy atom. The van der Waals surface area contributed by atoms with Gasteiger partial charge in [-0.15, -0.1) is 11.3 Å². The number of piperidine rings is 1. The fourth-order valence-corrected chi connectivity index (χ4v) is 5.65. The topological polar surface area (TPSA) is 104 Å². The quantitative estimate of drug-likeness (QED) is 0.312. The molecule has 0 unspecified atom stereocenters. The second-order valence-corrected chi connectivity index (χ2v) is 10.6. The second kappa shape index (κ2) is 11.2. The van der Waals surface area contributed by atoms with Crippen molar-refractivity contribution >= 4 is 45.7 Å². The van der Waals surface area contributed by atoms with Crippen LogP contribution in [0.3, 0.4) is 0 Å². The summed E-state index contributed by atoms with van der Waals surface area (Å²) in [6, 6.07) is 14.6. The summed E-state index contributed by atoms with van der Waals surface area (Å²) >= 11 is 1.48. The highest BCUT2D eigenvalue weighted by Gasteiger charge is 2.27. The predicted molar refractivity (Wildman–Crippen MR) is 148 cm³/mol. The van der Waals surface area contributed by atoms with Gasteiger partial charge in [-0.1, -0.05) is 18.2 Å². The van der Waals surface area contributed by atoms with Crippen molar-refractivity contribution in [3.05, 3.63) is 81.9 Å². The molecule has 2 amide bonds. The summed E-state index contributed by atoms with van der Waals surface area (Å²) in [5.41, 5.74) is 3.44. The molecule has 2 N–H and O–H groups in total. The Kier molecular flexibility index (Phi) is 7.55. The standard InChI is InChI=1S/C29H30N4O4S/c1-18(2)37-29(36)20-7-9-22(10-8-20)31-27(35)25-17-38-28(32-25)19-11-13-33(14-12-19)26(34)15-21-16-30-24-6-4-3-5-23(21)24/h3-10,16-19,30H,11-15H2,1-2H3,(H,31,35). The Hall–Kier alpha value is -3.98. The molecule has 0 aliphatic carbocycles. The van der Waals surface area contributed by atoms with Gasteiger partial charge in [0.25, 0.3) is 5.91 Å². The Bertz CT molecular complexity index is 1450. The van der Waals surface area contributed by atoms with Crippen LogP contribution in [0, 0.1) is 0 Å². The number of thiazole rings is 1. The lowest BCUT2D eigenvalue weighted by Crippen LogP contribution is -2.38. The monoisotopic (exact) mass is 530 g/mol. The Morgan fingerprint density at radius 1 is 1.11 bits per heavy atom. The molecule has 2 aromatic heterocycles. The molecule has 0 atom stereocenters. The van der Waals surface area contributed by atoms with Crippen molar-refractivity contribution in [2.45, 2.75) is 45.1 Å². The van der Waals surface area contributed by atoms with Crippen LogP contribution in [0.1, 0.15) is 64.0 Å². The zero-order chi connectivity index (χ0) is 26.6. The minimum atomic E-state index is -0.396. The fraction of sp³-hybridized carbons (Fsp3) is 0.310. The number of nitrogens with one attached hydrogen (secondary N) is 2. The van der Waals surface area contributed by atoms with Crippen molar-refractivity contribution in [3.8, 4) is 0 Å². The lowest BCUT2D eigenvalue weighted by atomic mass is 9.97. The van der Waals surface area contributed by atoms with Crippen LogP contribution >= 0.6 is 11.3 Å². The van der Waals surface area contributed by atoms with E-state index in [1.807, 2.05) is 35.4 Å². The molecule has 196 valence electrons. The molecule has 1 saturated heterocycles. The van der Waals surface area contributed by atoms with E-state index in [-0.39, 0.29) is 23.8 Å². The van der Waals surface area contributed by atoms with Gasteiger partial charge < -0.3 is 19.9 Å². The smallest absolute Gasteiger partial charge is 0.338 e. The van der Waals surface area contributed by atoms with Gasteiger partial charge in [0.05, 0.1) is 23.1 Å². The fourth-order valence-electron chi connectivity index (χ4n) is 4.67. The molecule has 3 heterocycles. The number of amides is 2. The maximum atomic E-state index is 12.9. The molecule has 9 heteroatoms. The first kappa shape index (κ1) is 25.7. The number of likely N-dealkylation sites (tertiary alicyclic amines) is 1. The number of hydrogen-bond acceptors (Lipinski definition) is 6. The van der Waals surface area contributed by atoms with E-state index in [1.54, 1.807) is 43.5 Å². The number of esters is 1. The normalized spacial score (nSPS) is 14.1. The van der Waals surface area contributed by atoms with E-state index in [1.165, 1.54) is 11.3 Å². The summed E-state index contributed by atoms with van der Waals surface area (Å²) in [4.78, 5) is 47.5. The first-order chi connectivity index (χ1) is 18.4. The van der Waals surface area contributed by atoms with Crippen molar-refractivity contribution in [3.63, 3.8) is 0 Å². The van der Waals surface area contributed by atoms with Crippen LogP contribution in [-0.2, 0) is 16.0 Å². The summed E-state index contributed by atoms with van der Waals surface area (Å²) in [7, 11) is 0. The van der Waals surface area contributed by atoms with E-state index in [4.69, 9.17) is 4.74 Å². The summed E-state index contributed by atoms with van der Waals surface area (Å²) in [6.07, 6.45) is 3.76. The summed E-state index contributed by atoms with van der Waals surface area (Å²) in [5.74, 6) is -0.329. The van der Waals surface area contributed by atoms with E-state index in [0.29, 0.717) is 36.5 Å². The molecule has 1 aliphatic rings. The summed E-state index contributed by atoms with van der Waals surface area (Å²) < 4.78 is 5.19. The lowest BCUT2D eigenvalue weighted by Gasteiger charge is -2.31. The Morgan fingerprint density at radius 3 is 2.58 bits per heavy atom. The van der Waals surface area contributed by atoms with Gasteiger partial charge in [0.2, 0.25) is 5.91 Å². The molecule has 0 bridgehead atoms. The Labute approximate surface area is 225 Å². The highest BCUT2D eigenvalue weighted by Crippen LogP contribution is 2.31. The number of ether oxygens (including phenoxy) is 1. The number of anilines is 1. The number of H-pyrrole nitrogens is 1. The highest BCUT2D eigenvalue weighted by molar-refractivity contribution is 7.10.